The summed E-state index contributed by atoms with van der Waals surface area (Å²) in [5.41, 5.74) is 2.88. The molecule has 4 heterocycles. The molecule has 2 N–H and O–H groups in total. The second-order valence-electron chi connectivity index (χ2n) is 6.82. The molecule has 0 radical (unpaired) electrons. The lowest BCUT2D eigenvalue weighted by molar-refractivity contribution is 0.0929. The highest BCUT2D eigenvalue weighted by atomic mass is 16.1. The van der Waals surface area contributed by atoms with Gasteiger partial charge in [-0.25, -0.2) is 4.98 Å². The summed E-state index contributed by atoms with van der Waals surface area (Å²) in [7, 11) is 0. The molecule has 2 aromatic heterocycles. The van der Waals surface area contributed by atoms with Crippen LogP contribution in [-0.2, 0) is 13.1 Å². The first-order chi connectivity index (χ1) is 12.2. The average Bonchev–Trinajstić information content (AvgIpc) is 3.02. The molecule has 1 saturated heterocycles. The van der Waals surface area contributed by atoms with Crippen LogP contribution in [0, 0.1) is 6.92 Å². The summed E-state index contributed by atoms with van der Waals surface area (Å²) in [5, 5.41) is 10.9. The van der Waals surface area contributed by atoms with Gasteiger partial charge in [0.15, 0.2) is 0 Å². The van der Waals surface area contributed by atoms with Gasteiger partial charge < -0.3 is 15.5 Å². The maximum absolute atomic E-state index is 12.4. The van der Waals surface area contributed by atoms with E-state index in [0.717, 1.165) is 57.1 Å². The Kier molecular flexibility index (Phi) is 4.40. The van der Waals surface area contributed by atoms with Gasteiger partial charge in [0.2, 0.25) is 0 Å². The standard InChI is InChI=1S/C18H24N6O/c1-13-10-16-12-23(8-9-24(16)22-13)17-3-2-14(11-20-17)18(25)21-15-4-6-19-7-5-15/h2-3,10-11,15,19H,4-9,12H2,1H3,(H,21,25). The predicted molar refractivity (Wildman–Crippen MR) is 95.6 cm³/mol. The summed E-state index contributed by atoms with van der Waals surface area (Å²) in [5.74, 6) is 0.877. The quantitative estimate of drug-likeness (QED) is 0.875. The Bertz CT molecular complexity index is 747. The maximum Gasteiger partial charge on any atom is 0.253 e. The summed E-state index contributed by atoms with van der Waals surface area (Å²) in [4.78, 5) is 19.1. The number of aromatic nitrogens is 3. The lowest BCUT2D eigenvalue weighted by Gasteiger charge is -2.28. The van der Waals surface area contributed by atoms with Gasteiger partial charge in [0.1, 0.15) is 5.82 Å². The molecule has 0 aliphatic carbocycles. The number of hydrogen-bond acceptors (Lipinski definition) is 5. The number of aryl methyl sites for hydroxylation is 1. The molecule has 25 heavy (non-hydrogen) atoms. The Hall–Kier alpha value is -2.41. The number of pyridine rings is 1. The highest BCUT2D eigenvalue weighted by Gasteiger charge is 2.20. The van der Waals surface area contributed by atoms with Crippen LogP contribution in [0.25, 0.3) is 0 Å². The number of carbonyl (C=O) groups excluding carboxylic acids is 1. The van der Waals surface area contributed by atoms with Crippen LogP contribution in [0.15, 0.2) is 24.4 Å². The van der Waals surface area contributed by atoms with Gasteiger partial charge in [0.25, 0.3) is 5.91 Å². The zero-order valence-corrected chi connectivity index (χ0v) is 14.5. The fraction of sp³-hybridized carbons (Fsp3) is 0.500. The highest BCUT2D eigenvalue weighted by Crippen LogP contribution is 2.19. The molecule has 1 amide bonds. The Labute approximate surface area is 147 Å². The van der Waals surface area contributed by atoms with Crippen molar-refractivity contribution in [2.24, 2.45) is 0 Å². The zero-order valence-electron chi connectivity index (χ0n) is 14.5. The third-order valence-corrected chi connectivity index (χ3v) is 4.93. The van der Waals surface area contributed by atoms with Gasteiger partial charge in [0, 0.05) is 18.8 Å². The molecule has 132 valence electrons. The minimum atomic E-state index is -0.0294. The van der Waals surface area contributed by atoms with Crippen molar-refractivity contribution in [1.82, 2.24) is 25.4 Å². The second-order valence-corrected chi connectivity index (χ2v) is 6.82. The van der Waals surface area contributed by atoms with Gasteiger partial charge in [-0.05, 0) is 51.1 Å². The molecule has 2 aromatic rings. The SMILES string of the molecule is Cc1cc2n(n1)CCN(c1ccc(C(=O)NC3CCNCC3)cn1)C2. The molecule has 0 unspecified atom stereocenters. The molecule has 1 fully saturated rings. The first kappa shape index (κ1) is 16.1. The molecule has 0 spiro atoms. The lowest BCUT2D eigenvalue weighted by Crippen LogP contribution is -2.42. The third kappa shape index (κ3) is 3.51. The van der Waals surface area contributed by atoms with Gasteiger partial charge in [-0.2, -0.15) is 5.10 Å². The van der Waals surface area contributed by atoms with E-state index in [9.17, 15) is 4.79 Å². The van der Waals surface area contributed by atoms with Crippen LogP contribution in [0.5, 0.6) is 0 Å². The molecular weight excluding hydrogens is 316 g/mol. The van der Waals surface area contributed by atoms with E-state index in [1.165, 1.54) is 5.69 Å². The highest BCUT2D eigenvalue weighted by molar-refractivity contribution is 5.94. The number of nitrogens with one attached hydrogen (secondary N) is 2. The fourth-order valence-electron chi connectivity index (χ4n) is 3.55. The normalized spacial score (nSPS) is 18.0. The molecule has 0 atom stereocenters. The van der Waals surface area contributed by atoms with E-state index in [-0.39, 0.29) is 11.9 Å². The molecule has 2 aliphatic heterocycles. The molecule has 7 nitrogen and oxygen atoms in total. The number of carbonyl (C=O) groups is 1. The van der Waals surface area contributed by atoms with Gasteiger partial charge in [-0.1, -0.05) is 0 Å². The van der Waals surface area contributed by atoms with E-state index in [0.29, 0.717) is 5.56 Å². The van der Waals surface area contributed by atoms with Gasteiger partial charge >= 0.3 is 0 Å². The fourth-order valence-corrected chi connectivity index (χ4v) is 3.55. The van der Waals surface area contributed by atoms with Crippen molar-refractivity contribution in [3.63, 3.8) is 0 Å². The Morgan fingerprint density at radius 3 is 2.88 bits per heavy atom. The first-order valence-electron chi connectivity index (χ1n) is 8.95. The summed E-state index contributed by atoms with van der Waals surface area (Å²) in [6.07, 6.45) is 3.65. The summed E-state index contributed by atoms with van der Waals surface area (Å²) < 4.78 is 2.06. The molecule has 7 heteroatoms. The maximum atomic E-state index is 12.4. The number of piperidine rings is 1. The third-order valence-electron chi connectivity index (χ3n) is 4.93. The van der Waals surface area contributed by atoms with Gasteiger partial charge in [-0.3, -0.25) is 9.48 Å². The number of hydrogen-bond donors (Lipinski definition) is 2. The minimum absolute atomic E-state index is 0.0294. The topological polar surface area (TPSA) is 75.1 Å². The van der Waals surface area contributed by atoms with Crippen molar-refractivity contribution < 1.29 is 4.79 Å². The largest absolute Gasteiger partial charge is 0.349 e. The van der Waals surface area contributed by atoms with Crippen molar-refractivity contribution in [3.8, 4) is 0 Å². The van der Waals surface area contributed by atoms with Crippen LogP contribution in [0.2, 0.25) is 0 Å². The van der Waals surface area contributed by atoms with Crippen molar-refractivity contribution in [2.75, 3.05) is 24.5 Å². The Morgan fingerprint density at radius 1 is 1.28 bits per heavy atom. The molecule has 2 aliphatic rings. The van der Waals surface area contributed by atoms with E-state index in [2.05, 4.69) is 36.4 Å². The predicted octanol–water partition coefficient (Wildman–Crippen LogP) is 1.09. The van der Waals surface area contributed by atoms with Crippen LogP contribution >= 0.6 is 0 Å². The molecule has 0 saturated carbocycles. The average molecular weight is 340 g/mol. The van der Waals surface area contributed by atoms with E-state index in [1.807, 2.05) is 19.1 Å². The van der Waals surface area contributed by atoms with Crippen LogP contribution in [0.4, 0.5) is 5.82 Å². The van der Waals surface area contributed by atoms with Crippen LogP contribution in [0.3, 0.4) is 0 Å². The summed E-state index contributed by atoms with van der Waals surface area (Å²) in [6, 6.07) is 6.19. The van der Waals surface area contributed by atoms with Crippen molar-refractivity contribution in [3.05, 3.63) is 41.3 Å². The molecule has 0 bridgehead atoms. The minimum Gasteiger partial charge on any atom is -0.349 e. The Morgan fingerprint density at radius 2 is 2.12 bits per heavy atom. The van der Waals surface area contributed by atoms with Crippen molar-refractivity contribution in [2.45, 2.75) is 38.9 Å². The van der Waals surface area contributed by atoms with E-state index in [1.54, 1.807) is 6.20 Å². The van der Waals surface area contributed by atoms with Gasteiger partial charge in [-0.15, -0.1) is 0 Å². The number of nitrogens with zero attached hydrogens (tertiary/aromatic N) is 4. The molecular formula is C18H24N6O. The smallest absolute Gasteiger partial charge is 0.253 e. The van der Waals surface area contributed by atoms with Crippen LogP contribution in [0.1, 0.15) is 34.6 Å². The second kappa shape index (κ2) is 6.84. The van der Waals surface area contributed by atoms with E-state index < -0.39 is 0 Å². The number of rotatable bonds is 3. The summed E-state index contributed by atoms with van der Waals surface area (Å²) >= 11 is 0. The van der Waals surface area contributed by atoms with Crippen molar-refractivity contribution in [1.29, 1.82) is 0 Å². The Balaban J connectivity index is 1.41. The van der Waals surface area contributed by atoms with E-state index >= 15 is 0 Å². The van der Waals surface area contributed by atoms with Gasteiger partial charge in [0.05, 0.1) is 30.0 Å². The number of anilines is 1. The van der Waals surface area contributed by atoms with Crippen LogP contribution < -0.4 is 15.5 Å². The van der Waals surface area contributed by atoms with Crippen molar-refractivity contribution >= 4 is 11.7 Å². The van der Waals surface area contributed by atoms with E-state index in [4.69, 9.17) is 0 Å². The lowest BCUT2D eigenvalue weighted by atomic mass is 10.1. The number of fused-ring (bicyclic) bond motifs is 1. The zero-order chi connectivity index (χ0) is 17.2. The monoisotopic (exact) mass is 340 g/mol. The number of amides is 1. The van der Waals surface area contributed by atoms with Crippen LogP contribution in [-0.4, -0.2) is 46.3 Å². The summed E-state index contributed by atoms with van der Waals surface area (Å²) in [6.45, 7) is 6.49. The first-order valence-corrected chi connectivity index (χ1v) is 8.95. The molecule has 4 rings (SSSR count). The molecule has 0 aromatic carbocycles.